The molecule has 7 heteroatoms. The Bertz CT molecular complexity index is 624. The molecule has 0 fully saturated rings. The topological polar surface area (TPSA) is 50.5 Å². The third-order valence-electron chi connectivity index (χ3n) is 2.32. The van der Waals surface area contributed by atoms with Gasteiger partial charge in [-0.25, -0.2) is 0 Å². The minimum Gasteiger partial charge on any atom is -0.173 e. The van der Waals surface area contributed by atoms with Gasteiger partial charge in [0.1, 0.15) is 22.4 Å². The number of nitrogens with zero attached hydrogens (tertiary/aromatic N) is 4. The van der Waals surface area contributed by atoms with E-state index < -0.39 is 0 Å². The zero-order valence-electron chi connectivity index (χ0n) is 8.01. The number of rotatable bonds is 1. The van der Waals surface area contributed by atoms with Crippen molar-refractivity contribution in [3.8, 4) is 0 Å². The minimum atomic E-state index is 0.963. The molecule has 0 bridgehead atoms. The van der Waals surface area contributed by atoms with E-state index >= 15 is 0 Å². The zero-order chi connectivity index (χ0) is 10.4. The summed E-state index contributed by atoms with van der Waals surface area (Å²) < 4.78 is 17.3. The molecule has 0 amide bonds. The minimum absolute atomic E-state index is 0.963. The average molecular weight is 254 g/mol. The summed E-state index contributed by atoms with van der Waals surface area (Å²) in [5.74, 6) is 0. The first kappa shape index (κ1) is 9.44. The molecule has 0 N–H and O–H groups in total. The first-order chi connectivity index (χ1) is 7.33. The Morgan fingerprint density at radius 3 is 2.60 bits per heavy atom. The molecule has 0 unspecified atom stereocenters. The summed E-state index contributed by atoms with van der Waals surface area (Å²) in [6, 6.07) is 0. The second kappa shape index (κ2) is 3.36. The summed E-state index contributed by atoms with van der Waals surface area (Å²) in [7, 11) is 0. The van der Waals surface area contributed by atoms with Crippen LogP contribution in [0.3, 0.4) is 0 Å². The molecule has 1 aromatic carbocycles. The molecule has 15 heavy (non-hydrogen) atoms. The van der Waals surface area contributed by atoms with Crippen LogP contribution in [0.15, 0.2) is 13.6 Å². The molecule has 0 saturated carbocycles. The van der Waals surface area contributed by atoms with E-state index in [0.717, 1.165) is 32.9 Å². The molecule has 76 valence electrons. The summed E-state index contributed by atoms with van der Waals surface area (Å²) in [4.78, 5) is 1.09. The maximum absolute atomic E-state index is 4.33. The quantitative estimate of drug-likeness (QED) is 0.625. The van der Waals surface area contributed by atoms with Crippen LogP contribution >= 0.6 is 23.5 Å². The summed E-state index contributed by atoms with van der Waals surface area (Å²) in [6.45, 7) is 2.03. The molecular weight excluding hydrogens is 248 g/mol. The lowest BCUT2D eigenvalue weighted by molar-refractivity contribution is 1.36. The van der Waals surface area contributed by atoms with Crippen LogP contribution in [-0.2, 0) is 11.4 Å². The maximum atomic E-state index is 4.33. The van der Waals surface area contributed by atoms with Crippen molar-refractivity contribution >= 4 is 57.3 Å². The Hall–Kier alpha value is -0.790. The van der Waals surface area contributed by atoms with E-state index in [1.165, 1.54) is 23.1 Å². The van der Waals surface area contributed by atoms with Crippen molar-refractivity contribution in [1.29, 1.82) is 0 Å². The molecule has 1 aromatic heterocycles. The largest absolute Gasteiger partial charge is 0.173 e. The molecule has 2 heterocycles. The molecule has 1 aliphatic heterocycles. The lowest BCUT2D eigenvalue weighted by Crippen LogP contribution is -1.82. The maximum Gasteiger partial charge on any atom is 0.120 e. The van der Waals surface area contributed by atoms with Crippen LogP contribution in [0.25, 0.3) is 11.0 Å². The van der Waals surface area contributed by atoms with Gasteiger partial charge in [0, 0.05) is 5.56 Å². The van der Waals surface area contributed by atoms with Crippen molar-refractivity contribution < 1.29 is 0 Å². The number of aromatic nitrogens is 2. The first-order valence-electron chi connectivity index (χ1n) is 4.24. The van der Waals surface area contributed by atoms with Crippen molar-refractivity contribution in [2.75, 3.05) is 6.26 Å². The van der Waals surface area contributed by atoms with Gasteiger partial charge in [-0.3, -0.25) is 0 Å². The second-order valence-electron chi connectivity index (χ2n) is 3.08. The summed E-state index contributed by atoms with van der Waals surface area (Å²) in [5.41, 5.74) is 4.94. The Kier molecular flexibility index (Phi) is 2.11. The Morgan fingerprint density at radius 2 is 1.80 bits per heavy atom. The third kappa shape index (κ3) is 1.20. The van der Waals surface area contributed by atoms with Crippen molar-refractivity contribution in [3.63, 3.8) is 0 Å². The van der Waals surface area contributed by atoms with Gasteiger partial charge in [-0.1, -0.05) is 0 Å². The molecule has 3 rings (SSSR count). The molecule has 4 nitrogen and oxygen atoms in total. The SMILES string of the molecule is CSc1c2c(c(C)c3nsnc13)N=S=N2. The van der Waals surface area contributed by atoms with Gasteiger partial charge in [-0.2, -0.15) is 17.5 Å². The van der Waals surface area contributed by atoms with Crippen LogP contribution in [-0.4, -0.2) is 15.0 Å². The van der Waals surface area contributed by atoms with Crippen LogP contribution < -0.4 is 0 Å². The Morgan fingerprint density at radius 1 is 1.07 bits per heavy atom. The number of fused-ring (bicyclic) bond motifs is 2. The van der Waals surface area contributed by atoms with Gasteiger partial charge in [-0.15, -0.1) is 11.8 Å². The van der Waals surface area contributed by atoms with Crippen LogP contribution in [0.5, 0.6) is 0 Å². The molecule has 0 atom stereocenters. The highest BCUT2D eigenvalue weighted by molar-refractivity contribution is 7.99. The number of hydrogen-bond donors (Lipinski definition) is 0. The fourth-order valence-corrected chi connectivity index (χ4v) is 3.58. The van der Waals surface area contributed by atoms with Crippen LogP contribution in [0, 0.1) is 6.92 Å². The van der Waals surface area contributed by atoms with Gasteiger partial charge < -0.3 is 0 Å². The van der Waals surface area contributed by atoms with E-state index in [-0.39, 0.29) is 0 Å². The van der Waals surface area contributed by atoms with Crippen molar-refractivity contribution in [2.45, 2.75) is 11.8 Å². The number of thioether (sulfide) groups is 1. The summed E-state index contributed by atoms with van der Waals surface area (Å²) in [6.07, 6.45) is 2.03. The smallest absolute Gasteiger partial charge is 0.120 e. The van der Waals surface area contributed by atoms with E-state index in [0.29, 0.717) is 0 Å². The molecule has 0 spiro atoms. The Labute approximate surface area is 98.3 Å². The first-order valence-corrected chi connectivity index (χ1v) is 6.92. The summed E-state index contributed by atoms with van der Waals surface area (Å²) in [5, 5.41) is 0. The molecule has 0 radical (unpaired) electrons. The normalized spacial score (nSPS) is 13.2. The van der Waals surface area contributed by atoms with Gasteiger partial charge in [0.15, 0.2) is 0 Å². The van der Waals surface area contributed by atoms with E-state index in [1.807, 2.05) is 13.2 Å². The van der Waals surface area contributed by atoms with E-state index in [9.17, 15) is 0 Å². The fraction of sp³-hybridized carbons (Fsp3) is 0.250. The second-order valence-corrected chi connectivity index (χ2v) is 4.95. The standard InChI is InChI=1S/C8H6N4S3/c1-3-4-6(11-14-9-4)8(13-2)7-5(3)10-15-12-7/h1-2H3. The zero-order valence-corrected chi connectivity index (χ0v) is 10.5. The van der Waals surface area contributed by atoms with Gasteiger partial charge in [0.25, 0.3) is 0 Å². The summed E-state index contributed by atoms with van der Waals surface area (Å²) >= 11 is 4.14. The number of aryl methyl sites for hydroxylation is 1. The van der Waals surface area contributed by atoms with Gasteiger partial charge in [0.05, 0.1) is 28.0 Å². The average Bonchev–Trinajstić information content (AvgIpc) is 2.85. The lowest BCUT2D eigenvalue weighted by Gasteiger charge is -2.05. The van der Waals surface area contributed by atoms with Gasteiger partial charge in [-0.05, 0) is 13.2 Å². The predicted octanol–water partition coefficient (Wildman–Crippen LogP) is 3.45. The van der Waals surface area contributed by atoms with E-state index in [2.05, 4.69) is 17.5 Å². The molecule has 0 saturated heterocycles. The van der Waals surface area contributed by atoms with Crippen molar-refractivity contribution in [1.82, 2.24) is 8.75 Å². The highest BCUT2D eigenvalue weighted by Gasteiger charge is 2.20. The van der Waals surface area contributed by atoms with Crippen LogP contribution in [0.2, 0.25) is 0 Å². The lowest BCUT2D eigenvalue weighted by atomic mass is 10.1. The number of hydrogen-bond acceptors (Lipinski definition) is 6. The van der Waals surface area contributed by atoms with Crippen LogP contribution in [0.1, 0.15) is 5.56 Å². The molecule has 0 aliphatic carbocycles. The highest BCUT2D eigenvalue weighted by atomic mass is 32.2. The van der Waals surface area contributed by atoms with E-state index in [1.54, 1.807) is 11.8 Å². The Balaban J connectivity index is 2.54. The van der Waals surface area contributed by atoms with Gasteiger partial charge in [0.2, 0.25) is 0 Å². The molecular formula is C8H6N4S3. The van der Waals surface area contributed by atoms with Crippen molar-refractivity contribution in [2.24, 2.45) is 8.73 Å². The van der Waals surface area contributed by atoms with Crippen molar-refractivity contribution in [3.05, 3.63) is 5.56 Å². The monoisotopic (exact) mass is 254 g/mol. The van der Waals surface area contributed by atoms with Crippen LogP contribution in [0.4, 0.5) is 11.4 Å². The number of benzene rings is 1. The third-order valence-corrected chi connectivity index (χ3v) is 4.17. The molecule has 2 aromatic rings. The fourth-order valence-electron chi connectivity index (χ4n) is 1.58. The predicted molar refractivity (Wildman–Crippen MR) is 65.5 cm³/mol. The highest BCUT2D eigenvalue weighted by Crippen LogP contribution is 2.46. The van der Waals surface area contributed by atoms with E-state index in [4.69, 9.17) is 0 Å². The molecule has 1 aliphatic rings. The van der Waals surface area contributed by atoms with Gasteiger partial charge >= 0.3 is 0 Å².